The molecule has 2 heterocycles. The van der Waals surface area contributed by atoms with Crippen LogP contribution in [0, 0.1) is 5.92 Å². The van der Waals surface area contributed by atoms with Crippen molar-refractivity contribution < 1.29 is 83.0 Å². The minimum Gasteiger partial charge on any atom is -0.481 e. The number of amides is 4. The summed E-state index contributed by atoms with van der Waals surface area (Å²) in [5.74, 6) is -8.70. The number of phosphoric acid groups is 1. The molecule has 0 bridgehead atoms. The van der Waals surface area contributed by atoms with Crippen LogP contribution in [0.4, 0.5) is 0 Å². The molecule has 2 fully saturated rings. The van der Waals surface area contributed by atoms with E-state index in [1.807, 2.05) is 0 Å². The van der Waals surface area contributed by atoms with E-state index in [2.05, 4.69) is 17.6 Å². The lowest BCUT2D eigenvalue weighted by molar-refractivity contribution is -0.228. The summed E-state index contributed by atoms with van der Waals surface area (Å²) in [4.78, 5) is 97.6. The summed E-state index contributed by atoms with van der Waals surface area (Å²) < 4.78 is 48.5. The van der Waals surface area contributed by atoms with Crippen LogP contribution in [0.5, 0.6) is 0 Å². The number of aliphatic carboxylic acids is 2. The first-order valence-corrected chi connectivity index (χ1v) is 23.8. The van der Waals surface area contributed by atoms with Gasteiger partial charge in [0.2, 0.25) is 23.6 Å². The van der Waals surface area contributed by atoms with Crippen LogP contribution < -0.4 is 22.1 Å². The first-order valence-electron chi connectivity index (χ1n) is 22.8. The predicted octanol–water partition coefficient (Wildman–Crippen LogP) is 1.65. The van der Waals surface area contributed by atoms with Gasteiger partial charge in [0, 0.05) is 38.8 Å². The molecular formula is C41H72N5O17P. The summed E-state index contributed by atoms with van der Waals surface area (Å²) in [5.41, 5.74) is 11.9. The second-order valence-corrected chi connectivity index (χ2v) is 17.6. The number of nitrogens with zero attached hydrogens (tertiary/aromatic N) is 1. The quantitative estimate of drug-likeness (QED) is 0.0263. The Morgan fingerprint density at radius 1 is 0.922 bits per heavy atom. The number of nitrogens with two attached hydrogens (primary N) is 2. The zero-order chi connectivity index (χ0) is 48.7. The second kappa shape index (κ2) is 29.7. The monoisotopic (exact) mass is 938 g/mol. The summed E-state index contributed by atoms with van der Waals surface area (Å²) in [6, 6.07) is -5.57. The number of aliphatic hydroxyl groups is 1. The van der Waals surface area contributed by atoms with Gasteiger partial charge >= 0.3 is 25.7 Å². The fourth-order valence-electron chi connectivity index (χ4n) is 7.48. The minimum atomic E-state index is -4.35. The van der Waals surface area contributed by atoms with E-state index in [1.54, 1.807) is 0 Å². The largest absolute Gasteiger partial charge is 0.481 e. The van der Waals surface area contributed by atoms with Gasteiger partial charge in [0.1, 0.15) is 37.0 Å². The van der Waals surface area contributed by atoms with Crippen LogP contribution in [0.25, 0.3) is 0 Å². The maximum absolute atomic E-state index is 13.8. The van der Waals surface area contributed by atoms with Crippen LogP contribution >= 0.6 is 7.82 Å². The maximum Gasteiger partial charge on any atom is 0.472 e. The summed E-state index contributed by atoms with van der Waals surface area (Å²) in [5, 5.41) is 34.6. The predicted molar refractivity (Wildman–Crippen MR) is 228 cm³/mol. The lowest BCUT2D eigenvalue weighted by atomic mass is 9.82. The lowest BCUT2D eigenvalue weighted by Crippen LogP contribution is -2.67. The van der Waals surface area contributed by atoms with Gasteiger partial charge in [0.15, 0.2) is 6.10 Å². The molecule has 10 N–H and O–H groups in total. The zero-order valence-corrected chi connectivity index (χ0v) is 38.2. The van der Waals surface area contributed by atoms with E-state index in [9.17, 15) is 54.6 Å². The number of rotatable bonds is 33. The Labute approximate surface area is 376 Å². The van der Waals surface area contributed by atoms with E-state index in [4.69, 9.17) is 39.8 Å². The number of ether oxygens (including phenoxy) is 3. The Hall–Kier alpha value is -3.76. The van der Waals surface area contributed by atoms with E-state index in [-0.39, 0.29) is 39.1 Å². The van der Waals surface area contributed by atoms with Crippen molar-refractivity contribution in [3.63, 3.8) is 0 Å². The highest BCUT2D eigenvalue weighted by Gasteiger charge is 2.54. The number of aliphatic hydroxyl groups excluding tert-OH is 1. The van der Waals surface area contributed by atoms with Crippen LogP contribution in [0.15, 0.2) is 0 Å². The number of primary amides is 1. The summed E-state index contributed by atoms with van der Waals surface area (Å²) >= 11 is 0. The lowest BCUT2D eigenvalue weighted by Gasteiger charge is -2.46. The molecule has 0 radical (unpaired) electrons. The maximum atomic E-state index is 13.8. The Morgan fingerprint density at radius 2 is 1.52 bits per heavy atom. The molecule has 0 saturated carbocycles. The highest BCUT2D eigenvalue weighted by atomic mass is 31.2. The molecule has 3 unspecified atom stereocenters. The second-order valence-electron chi connectivity index (χ2n) is 16.2. The number of phosphoric ester groups is 1. The minimum absolute atomic E-state index is 0.0444. The van der Waals surface area contributed by atoms with Crippen LogP contribution in [-0.4, -0.2) is 148 Å². The van der Waals surface area contributed by atoms with Crippen molar-refractivity contribution in [3.8, 4) is 0 Å². The SMILES string of the molecule is [2H][C@@]1(C(=O)N[C@@H](CCC(=O)O)C(N)=O)C(C2O[C@H](COC(=O)CCC(=O)NCCOP(=O)(O)OCCCCCCCCCCCCCC)[C@@H](O)[C@H](O[C@H](C)C(=O)O)[C@H]2N)CCN1C(C)=O. The average Bonchev–Trinajstić information content (AvgIpc) is 3.60. The third-order valence-corrected chi connectivity index (χ3v) is 12.0. The normalized spacial score (nSPS) is 25.3. The smallest absolute Gasteiger partial charge is 0.472 e. The van der Waals surface area contributed by atoms with Crippen molar-refractivity contribution in [3.05, 3.63) is 0 Å². The van der Waals surface area contributed by atoms with Crippen molar-refractivity contribution in [2.24, 2.45) is 17.4 Å². The zero-order valence-electron chi connectivity index (χ0n) is 38.3. The number of esters is 1. The molecule has 2 aliphatic rings. The van der Waals surface area contributed by atoms with E-state index >= 15 is 0 Å². The number of likely N-dealkylation sites (tertiary alicyclic amines) is 1. The van der Waals surface area contributed by atoms with Gasteiger partial charge in [-0.1, -0.05) is 77.6 Å². The molecule has 0 aromatic carbocycles. The van der Waals surface area contributed by atoms with Crippen molar-refractivity contribution in [1.82, 2.24) is 15.5 Å². The summed E-state index contributed by atoms with van der Waals surface area (Å²) in [6.45, 7) is 3.06. The Morgan fingerprint density at radius 3 is 2.08 bits per heavy atom. The highest BCUT2D eigenvalue weighted by Crippen LogP contribution is 2.43. The fraction of sp³-hybridized carbons (Fsp3) is 0.829. The molecule has 4 amide bonds. The molecule has 64 heavy (non-hydrogen) atoms. The average molecular weight is 939 g/mol. The Balaban J connectivity index is 1.94. The number of carbonyl (C=O) groups excluding carboxylic acids is 5. The van der Waals surface area contributed by atoms with Gasteiger partial charge in [-0.3, -0.25) is 37.8 Å². The van der Waals surface area contributed by atoms with Gasteiger partial charge in [-0.25, -0.2) is 9.36 Å². The number of carboxylic acids is 2. The number of nitrogens with one attached hydrogen (secondary N) is 2. The first kappa shape index (κ1) is 54.6. The van der Waals surface area contributed by atoms with E-state index < -0.39 is 130 Å². The fourth-order valence-corrected chi connectivity index (χ4v) is 8.23. The molecule has 2 saturated heterocycles. The Bertz CT molecular complexity index is 1610. The van der Waals surface area contributed by atoms with Gasteiger partial charge < -0.3 is 61.4 Å². The van der Waals surface area contributed by atoms with Gasteiger partial charge in [-0.05, 0) is 26.2 Å². The van der Waals surface area contributed by atoms with Crippen molar-refractivity contribution in [2.45, 2.75) is 179 Å². The number of carboxylic acid groups (broad SMARTS) is 2. The molecule has 0 spiro atoms. The Kier molecular flexibility index (Phi) is 25.3. The van der Waals surface area contributed by atoms with Crippen molar-refractivity contribution >= 4 is 49.4 Å². The van der Waals surface area contributed by atoms with Gasteiger partial charge in [0.25, 0.3) is 0 Å². The third-order valence-electron chi connectivity index (χ3n) is 11.0. The van der Waals surface area contributed by atoms with Gasteiger partial charge in [-0.2, -0.15) is 0 Å². The van der Waals surface area contributed by atoms with Gasteiger partial charge in [0.05, 0.1) is 33.2 Å². The highest BCUT2D eigenvalue weighted by molar-refractivity contribution is 7.47. The molecule has 0 aromatic rings. The van der Waals surface area contributed by atoms with Crippen molar-refractivity contribution in [2.75, 3.05) is 32.9 Å². The molecule has 22 nitrogen and oxygen atoms in total. The van der Waals surface area contributed by atoms with Crippen LogP contribution in [0.2, 0.25) is 0 Å². The topological polar surface area (TPSA) is 343 Å². The molecule has 0 aromatic heterocycles. The standard InChI is InChI=1S/C41H72N5O17P/c1-4-5-6-7-8-9-10-11-12-13-14-15-23-60-64(57,58)61-24-21-44-31(48)17-19-33(51)59-25-30-36(52)38(62-26(2)41(55)56)34(42)37(63-30)28-20-22-46(27(3)47)35(28)40(54)45-29(39(43)53)16-18-32(49)50/h26,28-30,34-38,52H,4-25,42H2,1-3H3,(H2,43,53)(H,44,48)(H,45,54)(H,49,50)(H,55,56)(H,57,58)/t26-,28?,29+,30-,34+,35+,36-,37?,38-/m1/s1/i35D. The molecule has 10 atom stereocenters. The van der Waals surface area contributed by atoms with E-state index in [0.717, 1.165) is 38.0 Å². The van der Waals surface area contributed by atoms with Gasteiger partial charge in [-0.15, -0.1) is 0 Å². The van der Waals surface area contributed by atoms with E-state index in [0.29, 0.717) is 6.42 Å². The number of hydrogen-bond donors (Lipinski definition) is 8. The molecule has 0 aliphatic carbocycles. The first-order chi connectivity index (χ1) is 30.7. The number of carbonyl (C=O) groups is 7. The molecular weight excluding hydrogens is 865 g/mol. The third kappa shape index (κ3) is 20.6. The summed E-state index contributed by atoms with van der Waals surface area (Å²) in [7, 11) is -4.35. The number of unbranched alkanes of at least 4 members (excludes halogenated alkanes) is 11. The molecule has 2 aliphatic heterocycles. The number of hydrogen-bond acceptors (Lipinski definition) is 15. The molecule has 23 heteroatoms. The molecule has 2 rings (SSSR count). The summed E-state index contributed by atoms with van der Waals surface area (Å²) in [6.07, 6.45) is 3.81. The van der Waals surface area contributed by atoms with Crippen LogP contribution in [0.3, 0.4) is 0 Å². The van der Waals surface area contributed by atoms with E-state index in [1.165, 1.54) is 51.4 Å². The molecule has 368 valence electrons. The van der Waals surface area contributed by atoms with Crippen LogP contribution in [0.1, 0.15) is 131 Å². The van der Waals surface area contributed by atoms with Crippen molar-refractivity contribution in [1.29, 1.82) is 0 Å². The van der Waals surface area contributed by atoms with Crippen LogP contribution in [-0.2, 0) is 61.4 Å².